The van der Waals surface area contributed by atoms with Gasteiger partial charge in [-0.1, -0.05) is 12.1 Å². The molecule has 1 saturated carbocycles. The van der Waals surface area contributed by atoms with Crippen molar-refractivity contribution in [2.45, 2.75) is 37.0 Å². The van der Waals surface area contributed by atoms with E-state index in [0.29, 0.717) is 0 Å². The highest BCUT2D eigenvalue weighted by molar-refractivity contribution is 5.83. The third-order valence-electron chi connectivity index (χ3n) is 3.98. The maximum absolute atomic E-state index is 13.3. The van der Waals surface area contributed by atoms with Gasteiger partial charge in [0.05, 0.1) is 12.5 Å². The number of carboxylic acids is 1. The summed E-state index contributed by atoms with van der Waals surface area (Å²) in [6.45, 7) is 0. The zero-order chi connectivity index (χ0) is 15.0. The molecule has 0 aromatic heterocycles. The predicted octanol–water partition coefficient (Wildman–Crippen LogP) is 2.93. The van der Waals surface area contributed by atoms with Crippen LogP contribution in [0.1, 0.15) is 31.2 Å². The molecule has 0 bridgehead atoms. The molecule has 0 amide bonds. The van der Waals surface area contributed by atoms with Crippen molar-refractivity contribution in [2.75, 3.05) is 7.11 Å². The smallest absolute Gasteiger partial charge is 0.314 e. The highest BCUT2D eigenvalue weighted by Gasteiger charge is 2.50. The van der Waals surface area contributed by atoms with Gasteiger partial charge in [0.1, 0.15) is 0 Å². The van der Waals surface area contributed by atoms with Crippen molar-refractivity contribution in [1.29, 1.82) is 0 Å². The molecule has 1 aliphatic rings. The Bertz CT molecular complexity index is 518. The van der Waals surface area contributed by atoms with Gasteiger partial charge in [-0.2, -0.15) is 0 Å². The van der Waals surface area contributed by atoms with Gasteiger partial charge in [0.2, 0.25) is 5.92 Å². The second-order valence-electron chi connectivity index (χ2n) is 5.10. The standard InChI is InChI=1S/C14H16F2O4/c1-20-10-4-2-3-9(11(10)17)13(12(18)19)5-7-14(15,16)8-6-13/h2-4,17H,5-8H2,1H3,(H,18,19). The molecular formula is C14H16F2O4. The number of phenols is 1. The number of hydrogen-bond donors (Lipinski definition) is 2. The first kappa shape index (κ1) is 14.6. The van der Waals surface area contributed by atoms with Gasteiger partial charge in [-0.3, -0.25) is 4.79 Å². The number of phenolic OH excluding ortho intramolecular Hbond substituents is 1. The van der Waals surface area contributed by atoms with E-state index in [-0.39, 0.29) is 29.9 Å². The van der Waals surface area contributed by atoms with Crippen LogP contribution in [0, 0.1) is 0 Å². The Labute approximate surface area is 115 Å². The van der Waals surface area contributed by atoms with E-state index in [2.05, 4.69) is 0 Å². The predicted molar refractivity (Wildman–Crippen MR) is 67.4 cm³/mol. The van der Waals surface area contributed by atoms with Gasteiger partial charge in [-0.15, -0.1) is 0 Å². The average Bonchev–Trinajstić information content (AvgIpc) is 2.39. The zero-order valence-electron chi connectivity index (χ0n) is 11.0. The van der Waals surface area contributed by atoms with Crippen molar-refractivity contribution >= 4 is 5.97 Å². The first-order valence-electron chi connectivity index (χ1n) is 6.30. The number of carboxylic acid groups (broad SMARTS) is 1. The molecule has 0 atom stereocenters. The first-order valence-corrected chi connectivity index (χ1v) is 6.30. The van der Waals surface area contributed by atoms with Crippen LogP contribution in [-0.2, 0) is 10.2 Å². The minimum absolute atomic E-state index is 0.139. The molecule has 1 fully saturated rings. The second kappa shape index (κ2) is 4.92. The summed E-state index contributed by atoms with van der Waals surface area (Å²) < 4.78 is 31.5. The lowest BCUT2D eigenvalue weighted by Gasteiger charge is -2.37. The fourth-order valence-corrected chi connectivity index (χ4v) is 2.71. The lowest BCUT2D eigenvalue weighted by molar-refractivity contribution is -0.149. The van der Waals surface area contributed by atoms with Crippen molar-refractivity contribution < 1.29 is 28.5 Å². The topological polar surface area (TPSA) is 66.8 Å². The summed E-state index contributed by atoms with van der Waals surface area (Å²) in [5.41, 5.74) is -1.35. The fourth-order valence-electron chi connectivity index (χ4n) is 2.71. The zero-order valence-corrected chi connectivity index (χ0v) is 11.0. The number of rotatable bonds is 3. The maximum Gasteiger partial charge on any atom is 0.314 e. The summed E-state index contributed by atoms with van der Waals surface area (Å²) in [6, 6.07) is 4.49. The summed E-state index contributed by atoms with van der Waals surface area (Å²) in [5.74, 6) is -4.19. The monoisotopic (exact) mass is 286 g/mol. The van der Waals surface area contributed by atoms with E-state index in [1.807, 2.05) is 0 Å². The van der Waals surface area contributed by atoms with Gasteiger partial charge >= 0.3 is 5.97 Å². The molecule has 0 spiro atoms. The molecule has 0 heterocycles. The van der Waals surface area contributed by atoms with E-state index in [1.165, 1.54) is 19.2 Å². The molecule has 1 aromatic carbocycles. The van der Waals surface area contributed by atoms with Crippen LogP contribution >= 0.6 is 0 Å². The van der Waals surface area contributed by atoms with E-state index in [4.69, 9.17) is 4.74 Å². The van der Waals surface area contributed by atoms with Gasteiger partial charge in [-0.25, -0.2) is 8.78 Å². The Hall–Kier alpha value is -1.85. The molecule has 0 saturated heterocycles. The number of hydrogen-bond acceptors (Lipinski definition) is 3. The molecule has 6 heteroatoms. The summed E-state index contributed by atoms with van der Waals surface area (Å²) in [7, 11) is 1.35. The van der Waals surface area contributed by atoms with Crippen LogP contribution in [0.5, 0.6) is 11.5 Å². The fraction of sp³-hybridized carbons (Fsp3) is 0.500. The van der Waals surface area contributed by atoms with Crippen molar-refractivity contribution in [2.24, 2.45) is 0 Å². The van der Waals surface area contributed by atoms with Crippen LogP contribution in [0.15, 0.2) is 18.2 Å². The number of alkyl halides is 2. The lowest BCUT2D eigenvalue weighted by atomic mass is 9.68. The van der Waals surface area contributed by atoms with E-state index in [9.17, 15) is 23.8 Å². The third kappa shape index (κ3) is 2.30. The molecule has 4 nitrogen and oxygen atoms in total. The van der Waals surface area contributed by atoms with Crippen LogP contribution in [-0.4, -0.2) is 29.2 Å². The largest absolute Gasteiger partial charge is 0.504 e. The molecule has 2 rings (SSSR count). The van der Waals surface area contributed by atoms with Gasteiger partial charge in [0.25, 0.3) is 0 Å². The number of carbonyl (C=O) groups is 1. The Morgan fingerprint density at radius 3 is 2.35 bits per heavy atom. The summed E-state index contributed by atoms with van der Waals surface area (Å²) in [4.78, 5) is 11.6. The molecule has 20 heavy (non-hydrogen) atoms. The summed E-state index contributed by atoms with van der Waals surface area (Å²) in [6.07, 6.45) is -1.43. The summed E-state index contributed by atoms with van der Waals surface area (Å²) >= 11 is 0. The Kier molecular flexibility index (Phi) is 3.58. The quantitative estimate of drug-likeness (QED) is 0.896. The second-order valence-corrected chi connectivity index (χ2v) is 5.10. The Balaban J connectivity index is 2.48. The van der Waals surface area contributed by atoms with Crippen molar-refractivity contribution in [3.8, 4) is 11.5 Å². The molecule has 110 valence electrons. The number of benzene rings is 1. The van der Waals surface area contributed by atoms with Crippen molar-refractivity contribution in [3.05, 3.63) is 23.8 Å². The molecule has 0 aliphatic heterocycles. The number of aromatic hydroxyl groups is 1. The van der Waals surface area contributed by atoms with E-state index >= 15 is 0 Å². The van der Waals surface area contributed by atoms with Crippen LogP contribution in [0.3, 0.4) is 0 Å². The lowest BCUT2D eigenvalue weighted by Crippen LogP contribution is -2.42. The van der Waals surface area contributed by atoms with E-state index < -0.39 is 30.1 Å². The third-order valence-corrected chi connectivity index (χ3v) is 3.98. The molecule has 2 N–H and O–H groups in total. The number of ether oxygens (including phenoxy) is 1. The minimum atomic E-state index is -2.84. The molecule has 0 unspecified atom stereocenters. The SMILES string of the molecule is COc1cccc(C2(C(=O)O)CCC(F)(F)CC2)c1O. The number of methoxy groups -OCH3 is 1. The Morgan fingerprint density at radius 1 is 1.25 bits per heavy atom. The van der Waals surface area contributed by atoms with Crippen LogP contribution in [0.4, 0.5) is 8.78 Å². The highest BCUT2D eigenvalue weighted by atomic mass is 19.3. The minimum Gasteiger partial charge on any atom is -0.504 e. The van der Waals surface area contributed by atoms with E-state index in [0.717, 1.165) is 0 Å². The normalized spacial score (nSPS) is 20.4. The maximum atomic E-state index is 13.3. The number of para-hydroxylation sites is 1. The Morgan fingerprint density at radius 2 is 1.85 bits per heavy atom. The van der Waals surface area contributed by atoms with Gasteiger partial charge in [-0.05, 0) is 18.9 Å². The average molecular weight is 286 g/mol. The molecule has 0 radical (unpaired) electrons. The van der Waals surface area contributed by atoms with Crippen molar-refractivity contribution in [3.63, 3.8) is 0 Å². The molecule has 1 aromatic rings. The van der Waals surface area contributed by atoms with E-state index in [1.54, 1.807) is 6.07 Å². The van der Waals surface area contributed by atoms with Gasteiger partial charge in [0.15, 0.2) is 11.5 Å². The number of halogens is 2. The molecule has 1 aliphatic carbocycles. The van der Waals surface area contributed by atoms with Crippen LogP contribution in [0.25, 0.3) is 0 Å². The highest BCUT2D eigenvalue weighted by Crippen LogP contribution is 2.49. The van der Waals surface area contributed by atoms with Crippen molar-refractivity contribution in [1.82, 2.24) is 0 Å². The van der Waals surface area contributed by atoms with Gasteiger partial charge < -0.3 is 14.9 Å². The van der Waals surface area contributed by atoms with Crippen LogP contribution in [0.2, 0.25) is 0 Å². The molecular weight excluding hydrogens is 270 g/mol. The van der Waals surface area contributed by atoms with Gasteiger partial charge in [0, 0.05) is 18.4 Å². The first-order chi connectivity index (χ1) is 9.32. The number of aliphatic carboxylic acids is 1. The summed E-state index contributed by atoms with van der Waals surface area (Å²) in [5, 5.41) is 19.6. The van der Waals surface area contributed by atoms with Crippen LogP contribution < -0.4 is 4.74 Å².